The van der Waals surface area contributed by atoms with Crippen molar-refractivity contribution in [3.05, 3.63) is 0 Å². The van der Waals surface area contributed by atoms with Crippen molar-refractivity contribution in [2.24, 2.45) is 11.8 Å². The van der Waals surface area contributed by atoms with E-state index in [0.29, 0.717) is 12.0 Å². The van der Waals surface area contributed by atoms with Crippen LogP contribution in [0.5, 0.6) is 0 Å². The molecule has 1 aliphatic carbocycles. The molecule has 0 radical (unpaired) electrons. The Balaban J connectivity index is 2.33. The normalized spacial score (nSPS) is 26.4. The topological polar surface area (TPSA) is 50.4 Å². The highest BCUT2D eigenvalue weighted by Gasteiger charge is 2.24. The van der Waals surface area contributed by atoms with Crippen LogP contribution in [0.3, 0.4) is 0 Å². The smallest absolute Gasteiger partial charge is 0.334 e. The average molecular weight is 214 g/mol. The molecule has 1 saturated carbocycles. The van der Waals surface area contributed by atoms with Gasteiger partial charge in [0.15, 0.2) is 0 Å². The molecule has 4 nitrogen and oxygen atoms in total. The van der Waals surface area contributed by atoms with E-state index in [2.05, 4.69) is 29.5 Å². The van der Waals surface area contributed by atoms with Gasteiger partial charge in [-0.2, -0.15) is 0 Å². The predicted molar refractivity (Wildman–Crippen MR) is 59.3 cm³/mol. The Hall–Kier alpha value is -0.770. The number of amides is 2. The second-order valence-corrected chi connectivity index (χ2v) is 4.65. The summed E-state index contributed by atoms with van der Waals surface area (Å²) in [6.07, 6.45) is 4.68. The fraction of sp³-hybridized carbons (Fsp3) is 0.909. The van der Waals surface area contributed by atoms with Crippen LogP contribution in [0.25, 0.3) is 0 Å². The van der Waals surface area contributed by atoms with Crippen LogP contribution >= 0.6 is 0 Å². The van der Waals surface area contributed by atoms with Gasteiger partial charge in [0.25, 0.3) is 0 Å². The highest BCUT2D eigenvalue weighted by atomic mass is 16.6. The van der Waals surface area contributed by atoms with Crippen LogP contribution in [0.1, 0.15) is 39.5 Å². The summed E-state index contributed by atoms with van der Waals surface area (Å²) >= 11 is 0. The highest BCUT2D eigenvalue weighted by Crippen LogP contribution is 2.29. The van der Waals surface area contributed by atoms with E-state index in [-0.39, 0.29) is 6.03 Å². The van der Waals surface area contributed by atoms with Crippen molar-refractivity contribution in [2.75, 3.05) is 7.11 Å². The summed E-state index contributed by atoms with van der Waals surface area (Å²) in [6.45, 7) is 4.50. The van der Waals surface area contributed by atoms with Crippen molar-refractivity contribution < 1.29 is 9.63 Å². The summed E-state index contributed by atoms with van der Waals surface area (Å²) in [5.74, 6) is 1.45. The van der Waals surface area contributed by atoms with E-state index < -0.39 is 0 Å². The summed E-state index contributed by atoms with van der Waals surface area (Å²) in [4.78, 5) is 15.8. The molecule has 1 fully saturated rings. The van der Waals surface area contributed by atoms with E-state index in [0.717, 1.165) is 18.8 Å². The number of hydrogen-bond donors (Lipinski definition) is 2. The molecule has 0 aliphatic heterocycles. The molecule has 2 atom stereocenters. The van der Waals surface area contributed by atoms with Crippen molar-refractivity contribution in [3.63, 3.8) is 0 Å². The fourth-order valence-electron chi connectivity index (χ4n) is 2.27. The second-order valence-electron chi connectivity index (χ2n) is 4.65. The molecule has 0 aromatic rings. The molecule has 15 heavy (non-hydrogen) atoms. The standard InChI is InChI=1S/C11H22N2O2/c1-8(2)9-5-4-6-10(7-9)12-11(14)13-15-3/h8-10H,4-7H2,1-3H3,(H2,12,13,14)/t9-,10+/m0/s1. The maximum absolute atomic E-state index is 11.2. The zero-order chi connectivity index (χ0) is 11.3. The third-order valence-electron chi connectivity index (χ3n) is 3.19. The highest BCUT2D eigenvalue weighted by molar-refractivity contribution is 5.72. The number of urea groups is 1. The molecule has 0 heterocycles. The van der Waals surface area contributed by atoms with Crippen LogP contribution < -0.4 is 10.8 Å². The Morgan fingerprint density at radius 3 is 2.73 bits per heavy atom. The van der Waals surface area contributed by atoms with Gasteiger partial charge in [0, 0.05) is 6.04 Å². The third-order valence-corrected chi connectivity index (χ3v) is 3.19. The Kier molecular flexibility index (Phi) is 4.88. The molecule has 0 unspecified atom stereocenters. The summed E-state index contributed by atoms with van der Waals surface area (Å²) < 4.78 is 0. The van der Waals surface area contributed by atoms with Gasteiger partial charge >= 0.3 is 6.03 Å². The maximum atomic E-state index is 11.2. The van der Waals surface area contributed by atoms with E-state index in [1.54, 1.807) is 0 Å². The number of carbonyl (C=O) groups excluding carboxylic acids is 1. The minimum absolute atomic E-state index is 0.230. The monoisotopic (exact) mass is 214 g/mol. The van der Waals surface area contributed by atoms with Gasteiger partial charge in [-0.05, 0) is 24.7 Å². The van der Waals surface area contributed by atoms with E-state index in [1.807, 2.05) is 0 Å². The predicted octanol–water partition coefficient (Wildman–Crippen LogP) is 2.06. The molecule has 4 heteroatoms. The lowest BCUT2D eigenvalue weighted by Gasteiger charge is -2.31. The number of nitrogens with one attached hydrogen (secondary N) is 2. The molecule has 0 bridgehead atoms. The zero-order valence-electron chi connectivity index (χ0n) is 9.88. The summed E-state index contributed by atoms with van der Waals surface area (Å²) in [5.41, 5.74) is 2.29. The number of hydrogen-bond acceptors (Lipinski definition) is 2. The van der Waals surface area contributed by atoms with Crippen LogP contribution in [-0.2, 0) is 4.84 Å². The first kappa shape index (κ1) is 12.3. The maximum Gasteiger partial charge on any atom is 0.338 e. The zero-order valence-corrected chi connectivity index (χ0v) is 9.88. The van der Waals surface area contributed by atoms with Crippen LogP contribution in [0.4, 0.5) is 4.79 Å². The van der Waals surface area contributed by atoms with Gasteiger partial charge in [0.1, 0.15) is 0 Å². The van der Waals surface area contributed by atoms with Gasteiger partial charge in [0.2, 0.25) is 0 Å². The van der Waals surface area contributed by atoms with Crippen molar-refractivity contribution in [1.29, 1.82) is 0 Å². The van der Waals surface area contributed by atoms with Crippen LogP contribution in [0.2, 0.25) is 0 Å². The van der Waals surface area contributed by atoms with Gasteiger partial charge in [-0.15, -0.1) is 0 Å². The molecule has 0 saturated heterocycles. The van der Waals surface area contributed by atoms with E-state index in [1.165, 1.54) is 20.0 Å². The van der Waals surface area contributed by atoms with Crippen molar-refractivity contribution in [1.82, 2.24) is 10.8 Å². The largest absolute Gasteiger partial charge is 0.338 e. The Morgan fingerprint density at radius 1 is 1.40 bits per heavy atom. The first-order chi connectivity index (χ1) is 7.13. The van der Waals surface area contributed by atoms with E-state index in [9.17, 15) is 4.79 Å². The summed E-state index contributed by atoms with van der Waals surface area (Å²) in [5, 5.41) is 2.93. The average Bonchev–Trinajstić information content (AvgIpc) is 2.18. The molecule has 2 amide bonds. The van der Waals surface area contributed by atoms with E-state index in [4.69, 9.17) is 0 Å². The Bertz CT molecular complexity index is 207. The first-order valence-electron chi connectivity index (χ1n) is 5.73. The SMILES string of the molecule is CONC(=O)N[C@@H]1CCC[C@H](C(C)C)C1. The molecule has 1 aliphatic rings. The number of rotatable bonds is 3. The van der Waals surface area contributed by atoms with Gasteiger partial charge < -0.3 is 5.32 Å². The summed E-state index contributed by atoms with van der Waals surface area (Å²) in [6, 6.07) is 0.0770. The first-order valence-corrected chi connectivity index (χ1v) is 5.73. The summed E-state index contributed by atoms with van der Waals surface area (Å²) in [7, 11) is 1.44. The lowest BCUT2D eigenvalue weighted by molar-refractivity contribution is 0.103. The van der Waals surface area contributed by atoms with Gasteiger partial charge in [-0.25, -0.2) is 10.3 Å². The quantitative estimate of drug-likeness (QED) is 0.706. The van der Waals surface area contributed by atoms with Crippen molar-refractivity contribution in [3.8, 4) is 0 Å². The Morgan fingerprint density at radius 2 is 2.13 bits per heavy atom. The molecular weight excluding hydrogens is 192 g/mol. The minimum Gasteiger partial charge on any atom is -0.334 e. The van der Waals surface area contributed by atoms with Crippen LogP contribution in [-0.4, -0.2) is 19.2 Å². The van der Waals surface area contributed by atoms with Crippen LogP contribution in [0.15, 0.2) is 0 Å². The lowest BCUT2D eigenvalue weighted by Crippen LogP contribution is -2.44. The fourth-order valence-corrected chi connectivity index (χ4v) is 2.27. The molecule has 2 N–H and O–H groups in total. The van der Waals surface area contributed by atoms with E-state index >= 15 is 0 Å². The molecule has 0 spiro atoms. The molecule has 0 aromatic heterocycles. The van der Waals surface area contributed by atoms with Crippen LogP contribution in [0, 0.1) is 11.8 Å². The molecule has 0 aromatic carbocycles. The number of carbonyl (C=O) groups is 1. The molecular formula is C11H22N2O2. The van der Waals surface area contributed by atoms with Gasteiger partial charge in [-0.1, -0.05) is 26.7 Å². The van der Waals surface area contributed by atoms with Gasteiger partial charge in [-0.3, -0.25) is 4.84 Å². The number of hydroxylamine groups is 1. The second kappa shape index (κ2) is 5.95. The van der Waals surface area contributed by atoms with Gasteiger partial charge in [0.05, 0.1) is 7.11 Å². The molecule has 1 rings (SSSR count). The third kappa shape index (κ3) is 4.08. The Labute approximate surface area is 91.7 Å². The minimum atomic E-state index is -0.230. The van der Waals surface area contributed by atoms with Crippen molar-refractivity contribution in [2.45, 2.75) is 45.6 Å². The van der Waals surface area contributed by atoms with Crippen molar-refractivity contribution >= 4 is 6.03 Å². The molecule has 88 valence electrons. The lowest BCUT2D eigenvalue weighted by atomic mass is 9.79.